The van der Waals surface area contributed by atoms with Gasteiger partial charge in [-0.05, 0) is 42.5 Å². The van der Waals surface area contributed by atoms with Gasteiger partial charge in [-0.25, -0.2) is 15.0 Å². The first-order valence-corrected chi connectivity index (χ1v) is 8.71. The molecule has 0 saturated heterocycles. The third kappa shape index (κ3) is 4.25. The van der Waals surface area contributed by atoms with E-state index in [0.29, 0.717) is 11.6 Å². The van der Waals surface area contributed by atoms with Gasteiger partial charge in [0.1, 0.15) is 11.5 Å². The molecule has 0 bridgehead atoms. The van der Waals surface area contributed by atoms with Crippen molar-refractivity contribution in [2.45, 2.75) is 12.4 Å². The summed E-state index contributed by atoms with van der Waals surface area (Å²) in [5.41, 5.74) is -2.01. The van der Waals surface area contributed by atoms with Crippen molar-refractivity contribution in [2.75, 3.05) is 5.32 Å². The molecule has 0 aromatic carbocycles. The molecule has 11 heteroatoms. The van der Waals surface area contributed by atoms with Crippen LogP contribution in [0.25, 0.3) is 22.4 Å². The summed E-state index contributed by atoms with van der Waals surface area (Å²) in [5, 5.41) is 3.27. The lowest BCUT2D eigenvalue weighted by atomic mass is 10.1. The Labute approximate surface area is 170 Å². The van der Waals surface area contributed by atoms with E-state index >= 15 is 0 Å². The van der Waals surface area contributed by atoms with E-state index in [1.165, 1.54) is 18.5 Å². The molecule has 0 amide bonds. The minimum absolute atomic E-state index is 0.0624. The summed E-state index contributed by atoms with van der Waals surface area (Å²) >= 11 is 0. The van der Waals surface area contributed by atoms with Gasteiger partial charge in [0.05, 0.1) is 22.5 Å². The standard InChI is InChI=1S/C20H11F6N5/c21-19(22,23)11-5-6-16(29-10-11)30-14-9-15(31-18-12(14)3-1-8-28-18)17-13(20(24,25)26)4-2-7-27-17/h1-10H,(H,28,29,30,31). The number of alkyl halides is 6. The number of rotatable bonds is 3. The van der Waals surface area contributed by atoms with Gasteiger partial charge in [0.25, 0.3) is 0 Å². The van der Waals surface area contributed by atoms with E-state index in [1.807, 2.05) is 0 Å². The first-order chi connectivity index (χ1) is 14.6. The van der Waals surface area contributed by atoms with Crippen molar-refractivity contribution in [3.8, 4) is 11.4 Å². The summed E-state index contributed by atoms with van der Waals surface area (Å²) in [7, 11) is 0. The highest BCUT2D eigenvalue weighted by molar-refractivity contribution is 5.93. The van der Waals surface area contributed by atoms with E-state index in [-0.39, 0.29) is 22.8 Å². The van der Waals surface area contributed by atoms with Gasteiger partial charge >= 0.3 is 12.4 Å². The Kier molecular flexibility index (Phi) is 4.96. The number of nitrogens with zero attached hydrogens (tertiary/aromatic N) is 4. The molecule has 4 aromatic rings. The van der Waals surface area contributed by atoms with Crippen molar-refractivity contribution in [2.24, 2.45) is 0 Å². The SMILES string of the molecule is FC(F)(F)c1ccc(Nc2cc(-c3ncccc3C(F)(F)F)nc3ncccc23)nc1. The number of halogens is 6. The zero-order valence-electron chi connectivity index (χ0n) is 15.3. The fourth-order valence-electron chi connectivity index (χ4n) is 2.89. The Morgan fingerprint density at radius 2 is 1.52 bits per heavy atom. The molecule has 0 atom stereocenters. The molecule has 0 aliphatic carbocycles. The second-order valence-corrected chi connectivity index (χ2v) is 6.38. The topological polar surface area (TPSA) is 63.6 Å². The molecule has 0 spiro atoms. The molecule has 4 heterocycles. The molecule has 158 valence electrons. The van der Waals surface area contributed by atoms with Crippen LogP contribution in [0, 0.1) is 0 Å². The van der Waals surface area contributed by atoms with Gasteiger partial charge in [0.15, 0.2) is 5.65 Å². The summed E-state index contributed by atoms with van der Waals surface area (Å²) in [4.78, 5) is 15.8. The van der Waals surface area contributed by atoms with E-state index in [9.17, 15) is 26.3 Å². The molecule has 1 N–H and O–H groups in total. The van der Waals surface area contributed by atoms with Crippen LogP contribution >= 0.6 is 0 Å². The number of nitrogens with one attached hydrogen (secondary N) is 1. The average molecular weight is 435 g/mol. The molecule has 0 saturated carbocycles. The summed E-state index contributed by atoms with van der Waals surface area (Å²) in [6.45, 7) is 0. The maximum atomic E-state index is 13.4. The molecule has 0 aliphatic rings. The predicted octanol–water partition coefficient (Wildman–Crippen LogP) is 5.87. The molecule has 0 radical (unpaired) electrons. The van der Waals surface area contributed by atoms with Crippen molar-refractivity contribution in [3.63, 3.8) is 0 Å². The number of anilines is 2. The summed E-state index contributed by atoms with van der Waals surface area (Å²) in [6, 6.07) is 8.55. The molecule has 4 aromatic heterocycles. The summed E-state index contributed by atoms with van der Waals surface area (Å²) in [6.07, 6.45) is -5.92. The molecule has 0 aliphatic heterocycles. The number of hydrogen-bond donors (Lipinski definition) is 1. The third-order valence-corrected chi connectivity index (χ3v) is 4.29. The third-order valence-electron chi connectivity index (χ3n) is 4.29. The van der Waals surface area contributed by atoms with Crippen LogP contribution in [0.3, 0.4) is 0 Å². The van der Waals surface area contributed by atoms with Gasteiger partial charge in [-0.1, -0.05) is 0 Å². The smallest absolute Gasteiger partial charge is 0.340 e. The van der Waals surface area contributed by atoms with Gasteiger partial charge in [-0.2, -0.15) is 26.3 Å². The second-order valence-electron chi connectivity index (χ2n) is 6.38. The second kappa shape index (κ2) is 7.49. The van der Waals surface area contributed by atoms with E-state index < -0.39 is 29.2 Å². The van der Waals surface area contributed by atoms with Crippen LogP contribution in [0.2, 0.25) is 0 Å². The fraction of sp³-hybridized carbons (Fsp3) is 0.100. The van der Waals surface area contributed by atoms with Crippen LogP contribution in [0.15, 0.2) is 61.1 Å². The van der Waals surface area contributed by atoms with E-state index in [1.54, 1.807) is 12.1 Å². The largest absolute Gasteiger partial charge is 0.418 e. The normalized spacial score (nSPS) is 12.2. The van der Waals surface area contributed by atoms with Gasteiger partial charge in [0, 0.05) is 24.0 Å². The Morgan fingerprint density at radius 1 is 0.774 bits per heavy atom. The van der Waals surface area contributed by atoms with E-state index in [0.717, 1.165) is 24.3 Å². The molecular formula is C20H11F6N5. The van der Waals surface area contributed by atoms with E-state index in [4.69, 9.17) is 0 Å². The lowest BCUT2D eigenvalue weighted by molar-refractivity contribution is -0.138. The molecule has 31 heavy (non-hydrogen) atoms. The number of hydrogen-bond acceptors (Lipinski definition) is 5. The number of pyridine rings is 4. The van der Waals surface area contributed by atoms with Crippen molar-refractivity contribution >= 4 is 22.5 Å². The van der Waals surface area contributed by atoms with E-state index in [2.05, 4.69) is 25.3 Å². The van der Waals surface area contributed by atoms with Gasteiger partial charge in [0.2, 0.25) is 0 Å². The fourth-order valence-corrected chi connectivity index (χ4v) is 2.89. The van der Waals surface area contributed by atoms with Crippen LogP contribution in [-0.2, 0) is 12.4 Å². The maximum Gasteiger partial charge on any atom is 0.418 e. The maximum absolute atomic E-state index is 13.4. The Balaban J connectivity index is 1.82. The monoisotopic (exact) mass is 435 g/mol. The first kappa shape index (κ1) is 20.5. The molecule has 0 unspecified atom stereocenters. The summed E-state index contributed by atoms with van der Waals surface area (Å²) in [5.74, 6) is 0.0624. The Morgan fingerprint density at radius 3 is 2.19 bits per heavy atom. The minimum Gasteiger partial charge on any atom is -0.340 e. The predicted molar refractivity (Wildman–Crippen MR) is 100 cm³/mol. The molecular weight excluding hydrogens is 424 g/mol. The van der Waals surface area contributed by atoms with Gasteiger partial charge in [-0.15, -0.1) is 0 Å². The highest BCUT2D eigenvalue weighted by Crippen LogP contribution is 2.37. The van der Waals surface area contributed by atoms with Crippen molar-refractivity contribution < 1.29 is 26.3 Å². The Hall–Kier alpha value is -3.76. The number of aromatic nitrogens is 4. The quantitative estimate of drug-likeness (QED) is 0.408. The van der Waals surface area contributed by atoms with Crippen LogP contribution in [0.5, 0.6) is 0 Å². The number of fused-ring (bicyclic) bond motifs is 1. The van der Waals surface area contributed by atoms with Crippen LogP contribution in [-0.4, -0.2) is 19.9 Å². The zero-order chi connectivity index (χ0) is 22.2. The average Bonchev–Trinajstić information content (AvgIpc) is 2.73. The van der Waals surface area contributed by atoms with Gasteiger partial charge in [-0.3, -0.25) is 4.98 Å². The van der Waals surface area contributed by atoms with Gasteiger partial charge < -0.3 is 5.32 Å². The highest BCUT2D eigenvalue weighted by Gasteiger charge is 2.35. The van der Waals surface area contributed by atoms with Crippen molar-refractivity contribution in [1.29, 1.82) is 0 Å². The lowest BCUT2D eigenvalue weighted by Crippen LogP contribution is -2.09. The lowest BCUT2D eigenvalue weighted by Gasteiger charge is -2.14. The van der Waals surface area contributed by atoms with Crippen LogP contribution < -0.4 is 5.32 Å². The molecule has 0 fully saturated rings. The van der Waals surface area contributed by atoms with Crippen molar-refractivity contribution in [3.05, 3.63) is 72.2 Å². The summed E-state index contributed by atoms with van der Waals surface area (Å²) < 4.78 is 78.5. The molecule has 5 nitrogen and oxygen atoms in total. The zero-order valence-corrected chi connectivity index (χ0v) is 15.3. The Bertz CT molecular complexity index is 1240. The first-order valence-electron chi connectivity index (χ1n) is 8.71. The van der Waals surface area contributed by atoms with Crippen LogP contribution in [0.4, 0.5) is 37.8 Å². The molecule has 4 rings (SSSR count). The minimum atomic E-state index is -4.66. The highest BCUT2D eigenvalue weighted by atomic mass is 19.4. The van der Waals surface area contributed by atoms with Crippen LogP contribution in [0.1, 0.15) is 11.1 Å². The van der Waals surface area contributed by atoms with Crippen molar-refractivity contribution in [1.82, 2.24) is 19.9 Å².